The van der Waals surface area contributed by atoms with Gasteiger partial charge in [0.2, 0.25) is 5.91 Å². The monoisotopic (exact) mass is 539 g/mol. The predicted molar refractivity (Wildman–Crippen MR) is 134 cm³/mol. The van der Waals surface area contributed by atoms with E-state index in [1.807, 2.05) is 18.2 Å². The number of nitrogens with one attached hydrogen (secondary N) is 2. The molecule has 0 radical (unpaired) electrons. The molecular formula is C28H28F3N5O3. The van der Waals surface area contributed by atoms with Gasteiger partial charge in [0.15, 0.2) is 11.5 Å². The van der Waals surface area contributed by atoms with Gasteiger partial charge in [-0.1, -0.05) is 11.2 Å². The van der Waals surface area contributed by atoms with E-state index < -0.39 is 46.4 Å². The van der Waals surface area contributed by atoms with E-state index in [0.717, 1.165) is 37.7 Å². The predicted octanol–water partition coefficient (Wildman–Crippen LogP) is 3.79. The third kappa shape index (κ3) is 5.40. The molecule has 1 aliphatic heterocycles. The Morgan fingerprint density at radius 3 is 2.51 bits per heavy atom. The van der Waals surface area contributed by atoms with Gasteiger partial charge >= 0.3 is 0 Å². The van der Waals surface area contributed by atoms with Crippen molar-refractivity contribution in [1.29, 1.82) is 0 Å². The van der Waals surface area contributed by atoms with Gasteiger partial charge in [0.25, 0.3) is 5.91 Å². The van der Waals surface area contributed by atoms with Crippen LogP contribution in [0.1, 0.15) is 48.3 Å². The van der Waals surface area contributed by atoms with Crippen LogP contribution < -0.4 is 10.6 Å². The van der Waals surface area contributed by atoms with E-state index in [9.17, 15) is 22.8 Å². The summed E-state index contributed by atoms with van der Waals surface area (Å²) in [5.74, 6) is -4.38. The van der Waals surface area contributed by atoms with Gasteiger partial charge < -0.3 is 20.1 Å². The SMILES string of the molecule is O=C(N[C@H]1CCN(CC2CC2)C[C@@H]1C(=O)NC1(c2ccccn2)CC1)c1cc(-c2c(F)cc(F)cc2F)on1. The molecule has 0 unspecified atom stereocenters. The molecule has 11 heteroatoms. The van der Waals surface area contributed by atoms with E-state index in [1.54, 1.807) is 6.20 Å². The molecule has 2 atom stereocenters. The molecule has 2 amide bonds. The lowest BCUT2D eigenvalue weighted by Crippen LogP contribution is -2.57. The lowest BCUT2D eigenvalue weighted by molar-refractivity contribution is -0.128. The number of benzene rings is 1. The number of amides is 2. The third-order valence-corrected chi connectivity index (χ3v) is 7.83. The molecule has 2 aromatic heterocycles. The maximum atomic E-state index is 14.2. The number of carbonyl (C=O) groups is 2. The molecule has 0 spiro atoms. The summed E-state index contributed by atoms with van der Waals surface area (Å²) in [5, 5.41) is 9.76. The van der Waals surface area contributed by atoms with E-state index in [1.165, 1.54) is 12.8 Å². The minimum absolute atomic E-state index is 0.153. The largest absolute Gasteiger partial charge is 0.355 e. The smallest absolute Gasteiger partial charge is 0.273 e. The molecule has 1 aromatic carbocycles. The fourth-order valence-electron chi connectivity index (χ4n) is 5.35. The molecule has 8 nitrogen and oxygen atoms in total. The molecule has 2 saturated carbocycles. The molecule has 0 bridgehead atoms. The van der Waals surface area contributed by atoms with Crippen molar-refractivity contribution in [1.82, 2.24) is 25.7 Å². The highest BCUT2D eigenvalue weighted by atomic mass is 19.1. The number of halogens is 3. The minimum atomic E-state index is -1.17. The Bertz CT molecular complexity index is 1370. The highest BCUT2D eigenvalue weighted by Gasteiger charge is 2.49. The summed E-state index contributed by atoms with van der Waals surface area (Å²) in [6, 6.07) is 7.30. The van der Waals surface area contributed by atoms with E-state index in [-0.39, 0.29) is 17.4 Å². The Morgan fingerprint density at radius 1 is 1.08 bits per heavy atom. The summed E-state index contributed by atoms with van der Waals surface area (Å²) in [7, 11) is 0. The zero-order chi connectivity index (χ0) is 27.1. The summed E-state index contributed by atoms with van der Waals surface area (Å²) < 4.78 is 46.7. The fraction of sp³-hybridized carbons (Fsp3) is 0.429. The molecular weight excluding hydrogens is 511 g/mol. The Balaban J connectivity index is 1.18. The van der Waals surface area contributed by atoms with Crippen molar-refractivity contribution in [2.24, 2.45) is 11.8 Å². The van der Waals surface area contributed by atoms with E-state index in [4.69, 9.17) is 4.52 Å². The molecule has 39 heavy (non-hydrogen) atoms. The number of aromatic nitrogens is 2. The normalized spacial score (nSPS) is 22.3. The van der Waals surface area contributed by atoms with Crippen LogP contribution in [0.3, 0.4) is 0 Å². The standard InChI is InChI=1S/C28H28F3N5O3/c29-17-11-19(30)25(20(31)12-17)23-13-22(35-39-23)27(38)33-21-6-10-36(14-16-4-5-16)15-18(21)26(37)34-28(7-8-28)24-3-1-2-9-32-24/h1-3,9,11-13,16,18,21H,4-8,10,14-15H2,(H,33,38)(H,34,37)/t18-,21-/m0/s1. The van der Waals surface area contributed by atoms with Crippen LogP contribution in [-0.2, 0) is 10.3 Å². The van der Waals surface area contributed by atoms with Crippen LogP contribution in [0, 0.1) is 29.3 Å². The van der Waals surface area contributed by atoms with Crippen LogP contribution >= 0.6 is 0 Å². The van der Waals surface area contributed by atoms with Gasteiger partial charge in [-0.15, -0.1) is 0 Å². The number of carbonyl (C=O) groups excluding carboxylic acids is 2. The summed E-state index contributed by atoms with van der Waals surface area (Å²) >= 11 is 0. The van der Waals surface area contributed by atoms with E-state index >= 15 is 0 Å². The first-order valence-electron chi connectivity index (χ1n) is 13.2. The molecule has 3 heterocycles. The third-order valence-electron chi connectivity index (χ3n) is 7.83. The van der Waals surface area contributed by atoms with Gasteiger partial charge in [-0.25, -0.2) is 13.2 Å². The second-order valence-electron chi connectivity index (χ2n) is 10.8. The zero-order valence-electron chi connectivity index (χ0n) is 21.1. The average molecular weight is 540 g/mol. The van der Waals surface area contributed by atoms with Gasteiger partial charge in [0.05, 0.1) is 22.7 Å². The Labute approximate surface area is 223 Å². The lowest BCUT2D eigenvalue weighted by atomic mass is 9.90. The fourth-order valence-corrected chi connectivity index (χ4v) is 5.35. The Morgan fingerprint density at radius 2 is 1.85 bits per heavy atom. The molecule has 1 saturated heterocycles. The molecule has 3 aliphatic rings. The quantitative estimate of drug-likeness (QED) is 0.452. The molecule has 3 aromatic rings. The molecule has 2 aliphatic carbocycles. The molecule has 204 valence electrons. The second-order valence-corrected chi connectivity index (χ2v) is 10.8. The number of rotatable bonds is 8. The highest BCUT2D eigenvalue weighted by molar-refractivity contribution is 5.94. The topological polar surface area (TPSA) is 100 Å². The van der Waals surface area contributed by atoms with Crippen LogP contribution in [0.2, 0.25) is 0 Å². The summed E-state index contributed by atoms with van der Waals surface area (Å²) in [6.07, 6.45) is 6.24. The van der Waals surface area contributed by atoms with Gasteiger partial charge in [0, 0.05) is 50.1 Å². The van der Waals surface area contributed by atoms with Crippen LogP contribution in [0.4, 0.5) is 13.2 Å². The Kier molecular flexibility index (Phi) is 6.62. The highest BCUT2D eigenvalue weighted by Crippen LogP contribution is 2.45. The van der Waals surface area contributed by atoms with Crippen molar-refractivity contribution in [3.8, 4) is 11.3 Å². The van der Waals surface area contributed by atoms with Crippen molar-refractivity contribution in [3.05, 3.63) is 71.4 Å². The van der Waals surface area contributed by atoms with Crippen molar-refractivity contribution in [2.45, 2.75) is 43.7 Å². The first-order valence-corrected chi connectivity index (χ1v) is 13.2. The number of hydrogen-bond donors (Lipinski definition) is 2. The van der Waals surface area contributed by atoms with Crippen molar-refractivity contribution in [3.63, 3.8) is 0 Å². The molecule has 6 rings (SSSR count). The van der Waals surface area contributed by atoms with E-state index in [2.05, 4.69) is 25.7 Å². The van der Waals surface area contributed by atoms with Crippen LogP contribution in [-0.4, -0.2) is 52.5 Å². The maximum Gasteiger partial charge on any atom is 0.273 e. The van der Waals surface area contributed by atoms with Gasteiger partial charge in [-0.2, -0.15) is 0 Å². The number of pyridine rings is 1. The number of likely N-dealkylation sites (tertiary alicyclic amines) is 1. The lowest BCUT2D eigenvalue weighted by Gasteiger charge is -2.38. The second kappa shape index (κ2) is 10.1. The summed E-state index contributed by atoms with van der Waals surface area (Å²) in [6.45, 7) is 2.16. The average Bonchev–Trinajstić information content (AvgIpc) is 3.84. The first kappa shape index (κ1) is 25.5. The van der Waals surface area contributed by atoms with Gasteiger partial charge in [-0.3, -0.25) is 14.6 Å². The van der Waals surface area contributed by atoms with Gasteiger partial charge in [0.1, 0.15) is 17.5 Å². The zero-order valence-corrected chi connectivity index (χ0v) is 21.1. The maximum absolute atomic E-state index is 14.2. The van der Waals surface area contributed by atoms with Crippen LogP contribution in [0.15, 0.2) is 47.1 Å². The van der Waals surface area contributed by atoms with Gasteiger partial charge in [-0.05, 0) is 50.2 Å². The summed E-state index contributed by atoms with van der Waals surface area (Å²) in [5.41, 5.74) is -0.478. The first-order chi connectivity index (χ1) is 18.8. The van der Waals surface area contributed by atoms with Crippen molar-refractivity contribution >= 4 is 11.8 Å². The van der Waals surface area contributed by atoms with Crippen LogP contribution in [0.25, 0.3) is 11.3 Å². The Hall–Kier alpha value is -3.73. The number of hydrogen-bond acceptors (Lipinski definition) is 6. The molecule has 2 N–H and O–H groups in total. The van der Waals surface area contributed by atoms with E-state index in [0.29, 0.717) is 31.0 Å². The van der Waals surface area contributed by atoms with Crippen molar-refractivity contribution < 1.29 is 27.3 Å². The van der Waals surface area contributed by atoms with Crippen LogP contribution in [0.5, 0.6) is 0 Å². The minimum Gasteiger partial charge on any atom is -0.355 e. The number of piperidine rings is 1. The number of nitrogens with zero attached hydrogens (tertiary/aromatic N) is 3. The molecule has 3 fully saturated rings. The van der Waals surface area contributed by atoms with Crippen molar-refractivity contribution in [2.75, 3.05) is 19.6 Å². The summed E-state index contributed by atoms with van der Waals surface area (Å²) in [4.78, 5) is 33.4.